The topological polar surface area (TPSA) is 112 Å². The van der Waals surface area contributed by atoms with Crippen LogP contribution in [0, 0.1) is 17.0 Å². The van der Waals surface area contributed by atoms with Crippen molar-refractivity contribution in [3.8, 4) is 11.4 Å². The number of para-hydroxylation sites is 1. The molecule has 0 radical (unpaired) electrons. The van der Waals surface area contributed by atoms with Crippen LogP contribution in [0.5, 0.6) is 5.75 Å². The molecule has 0 spiro atoms. The van der Waals surface area contributed by atoms with Crippen LogP contribution in [-0.2, 0) is 0 Å². The molecule has 1 amide bonds. The van der Waals surface area contributed by atoms with Gasteiger partial charge in [0, 0.05) is 0 Å². The first kappa shape index (κ1) is 17.1. The Morgan fingerprint density at radius 2 is 1.96 bits per heavy atom. The molecular formula is C17H15N5O4. The molecule has 0 aliphatic carbocycles. The molecule has 0 bridgehead atoms. The van der Waals surface area contributed by atoms with Crippen LogP contribution < -0.4 is 10.1 Å². The van der Waals surface area contributed by atoms with Gasteiger partial charge in [-0.25, -0.2) is 4.68 Å². The van der Waals surface area contributed by atoms with Gasteiger partial charge in [0.1, 0.15) is 11.4 Å². The quantitative estimate of drug-likeness (QED) is 0.557. The Morgan fingerprint density at radius 1 is 1.23 bits per heavy atom. The number of aromatic nitrogens is 3. The van der Waals surface area contributed by atoms with E-state index < -0.39 is 10.8 Å². The van der Waals surface area contributed by atoms with Crippen LogP contribution in [-0.4, -0.2) is 32.9 Å². The second-order valence-electron chi connectivity index (χ2n) is 5.37. The molecule has 26 heavy (non-hydrogen) atoms. The smallest absolute Gasteiger partial charge is 0.296 e. The van der Waals surface area contributed by atoms with Gasteiger partial charge in [-0.2, -0.15) is 0 Å². The molecule has 132 valence electrons. The van der Waals surface area contributed by atoms with Crippen LogP contribution in [0.15, 0.2) is 48.5 Å². The van der Waals surface area contributed by atoms with Gasteiger partial charge in [0.05, 0.1) is 29.5 Å². The number of benzene rings is 2. The summed E-state index contributed by atoms with van der Waals surface area (Å²) < 4.78 is 6.50. The number of anilines is 1. The molecule has 1 heterocycles. The maximum Gasteiger partial charge on any atom is 0.296 e. The fourth-order valence-corrected chi connectivity index (χ4v) is 2.43. The standard InChI is InChI=1S/C17H15N5O4/c1-11-16(19-20-21(11)12-6-4-3-5-7-12)17(23)18-14-9-8-13(26-2)10-15(14)22(24)25/h3-10H,1-2H3,(H,18,23). The van der Waals surface area contributed by atoms with Gasteiger partial charge in [0.15, 0.2) is 5.69 Å². The second-order valence-corrected chi connectivity index (χ2v) is 5.37. The number of nitro benzene ring substituents is 1. The molecule has 1 N–H and O–H groups in total. The average Bonchev–Trinajstić information content (AvgIpc) is 3.04. The number of amides is 1. The first-order valence-electron chi connectivity index (χ1n) is 7.62. The van der Waals surface area contributed by atoms with Gasteiger partial charge in [-0.1, -0.05) is 23.4 Å². The highest BCUT2D eigenvalue weighted by Gasteiger charge is 2.22. The van der Waals surface area contributed by atoms with Crippen molar-refractivity contribution < 1.29 is 14.5 Å². The van der Waals surface area contributed by atoms with E-state index in [1.807, 2.05) is 30.3 Å². The molecule has 9 nitrogen and oxygen atoms in total. The van der Waals surface area contributed by atoms with Crippen LogP contribution in [0.2, 0.25) is 0 Å². The lowest BCUT2D eigenvalue weighted by molar-refractivity contribution is -0.384. The molecule has 0 saturated heterocycles. The molecule has 3 rings (SSSR count). The molecule has 0 aliphatic rings. The first-order valence-corrected chi connectivity index (χ1v) is 7.62. The minimum Gasteiger partial charge on any atom is -0.496 e. The third-order valence-electron chi connectivity index (χ3n) is 3.76. The van der Waals surface area contributed by atoms with E-state index in [0.29, 0.717) is 11.4 Å². The van der Waals surface area contributed by atoms with Crippen LogP contribution in [0.25, 0.3) is 5.69 Å². The Labute approximate surface area is 148 Å². The Morgan fingerprint density at radius 3 is 2.62 bits per heavy atom. The lowest BCUT2D eigenvalue weighted by atomic mass is 10.2. The van der Waals surface area contributed by atoms with Crippen LogP contribution >= 0.6 is 0 Å². The van der Waals surface area contributed by atoms with E-state index in [0.717, 1.165) is 5.69 Å². The van der Waals surface area contributed by atoms with Gasteiger partial charge >= 0.3 is 0 Å². The van der Waals surface area contributed by atoms with Crippen molar-refractivity contribution in [1.82, 2.24) is 15.0 Å². The minimum absolute atomic E-state index is 0.0504. The van der Waals surface area contributed by atoms with E-state index in [-0.39, 0.29) is 17.1 Å². The summed E-state index contributed by atoms with van der Waals surface area (Å²) in [6.07, 6.45) is 0. The number of hydrogen-bond donors (Lipinski definition) is 1. The van der Waals surface area contributed by atoms with Crippen LogP contribution in [0.4, 0.5) is 11.4 Å². The van der Waals surface area contributed by atoms with Gasteiger partial charge in [-0.05, 0) is 31.2 Å². The molecule has 0 aliphatic heterocycles. The molecule has 0 fully saturated rings. The van der Waals surface area contributed by atoms with Gasteiger partial charge in [0.2, 0.25) is 0 Å². The molecule has 1 aromatic heterocycles. The van der Waals surface area contributed by atoms with E-state index in [1.165, 1.54) is 30.0 Å². The zero-order valence-electron chi connectivity index (χ0n) is 14.0. The number of nitro groups is 1. The van der Waals surface area contributed by atoms with E-state index in [1.54, 1.807) is 6.92 Å². The van der Waals surface area contributed by atoms with Crippen molar-refractivity contribution >= 4 is 17.3 Å². The van der Waals surface area contributed by atoms with Gasteiger partial charge in [-0.15, -0.1) is 5.10 Å². The largest absolute Gasteiger partial charge is 0.496 e. The number of nitrogens with zero attached hydrogens (tertiary/aromatic N) is 4. The number of rotatable bonds is 5. The number of nitrogens with one attached hydrogen (secondary N) is 1. The molecule has 0 unspecified atom stereocenters. The normalized spacial score (nSPS) is 10.4. The lowest BCUT2D eigenvalue weighted by Crippen LogP contribution is -2.15. The summed E-state index contributed by atoms with van der Waals surface area (Å²) in [6.45, 7) is 1.70. The van der Waals surface area contributed by atoms with E-state index in [4.69, 9.17) is 4.74 Å². The first-order chi connectivity index (χ1) is 12.5. The fourth-order valence-electron chi connectivity index (χ4n) is 2.43. The van der Waals surface area contributed by atoms with Crippen molar-refractivity contribution in [3.05, 3.63) is 70.0 Å². The van der Waals surface area contributed by atoms with Gasteiger partial charge < -0.3 is 10.1 Å². The van der Waals surface area contributed by atoms with E-state index in [9.17, 15) is 14.9 Å². The van der Waals surface area contributed by atoms with Crippen LogP contribution in [0.3, 0.4) is 0 Å². The maximum atomic E-state index is 12.5. The summed E-state index contributed by atoms with van der Waals surface area (Å²) >= 11 is 0. The number of hydrogen-bond acceptors (Lipinski definition) is 6. The summed E-state index contributed by atoms with van der Waals surface area (Å²) in [7, 11) is 1.41. The highest BCUT2D eigenvalue weighted by atomic mass is 16.6. The third-order valence-corrected chi connectivity index (χ3v) is 3.76. The Hall–Kier alpha value is -3.75. The Balaban J connectivity index is 1.90. The Bertz CT molecular complexity index is 969. The van der Waals surface area contributed by atoms with Crippen molar-refractivity contribution in [1.29, 1.82) is 0 Å². The summed E-state index contributed by atoms with van der Waals surface area (Å²) in [6, 6.07) is 13.4. The molecule has 0 saturated carbocycles. The molecule has 0 atom stereocenters. The third kappa shape index (κ3) is 3.22. The lowest BCUT2D eigenvalue weighted by Gasteiger charge is -2.07. The van der Waals surface area contributed by atoms with E-state index >= 15 is 0 Å². The summed E-state index contributed by atoms with van der Waals surface area (Å²) in [4.78, 5) is 23.2. The van der Waals surface area contributed by atoms with Crippen molar-refractivity contribution in [3.63, 3.8) is 0 Å². The SMILES string of the molecule is COc1ccc(NC(=O)c2nnn(-c3ccccc3)c2C)c([N+](=O)[O-])c1. The highest BCUT2D eigenvalue weighted by Crippen LogP contribution is 2.29. The molecular weight excluding hydrogens is 338 g/mol. The maximum absolute atomic E-state index is 12.5. The fraction of sp³-hybridized carbons (Fsp3) is 0.118. The summed E-state index contributed by atoms with van der Waals surface area (Å²) in [5.74, 6) is -0.265. The number of ether oxygens (including phenoxy) is 1. The monoisotopic (exact) mass is 353 g/mol. The minimum atomic E-state index is -0.591. The number of carbonyl (C=O) groups is 1. The zero-order chi connectivity index (χ0) is 18.7. The average molecular weight is 353 g/mol. The molecule has 2 aromatic carbocycles. The number of carbonyl (C=O) groups excluding carboxylic acids is 1. The van der Waals surface area contributed by atoms with Crippen molar-refractivity contribution in [2.45, 2.75) is 6.92 Å². The van der Waals surface area contributed by atoms with Gasteiger partial charge in [0.25, 0.3) is 11.6 Å². The van der Waals surface area contributed by atoms with Crippen LogP contribution in [0.1, 0.15) is 16.2 Å². The van der Waals surface area contributed by atoms with Gasteiger partial charge in [-0.3, -0.25) is 14.9 Å². The zero-order valence-corrected chi connectivity index (χ0v) is 14.0. The van der Waals surface area contributed by atoms with Crippen molar-refractivity contribution in [2.75, 3.05) is 12.4 Å². The van der Waals surface area contributed by atoms with Crippen molar-refractivity contribution in [2.24, 2.45) is 0 Å². The summed E-state index contributed by atoms with van der Waals surface area (Å²) in [5, 5.41) is 21.6. The second kappa shape index (κ2) is 7.01. The highest BCUT2D eigenvalue weighted by molar-refractivity contribution is 6.04. The van der Waals surface area contributed by atoms with E-state index in [2.05, 4.69) is 15.6 Å². The Kier molecular flexibility index (Phi) is 4.61. The predicted molar refractivity (Wildman–Crippen MR) is 93.7 cm³/mol. The predicted octanol–water partition coefficient (Wildman–Crippen LogP) is 2.74. The number of methoxy groups -OCH3 is 1. The molecule has 3 aromatic rings. The summed E-state index contributed by atoms with van der Waals surface area (Å²) in [5.41, 5.74) is 1.14. The molecule has 9 heteroatoms.